The molecule has 5 nitrogen and oxygen atoms in total. The molecule has 0 fully saturated rings. The maximum atomic E-state index is 13.4. The monoisotopic (exact) mass is 395 g/mol. The Morgan fingerprint density at radius 1 is 1.21 bits per heavy atom. The molecule has 5 rings (SSSR count). The summed E-state index contributed by atoms with van der Waals surface area (Å²) in [5, 5.41) is 1.66. The molecule has 0 spiro atoms. The van der Waals surface area contributed by atoms with E-state index in [2.05, 4.69) is 0 Å². The Bertz CT molecular complexity index is 1260. The Morgan fingerprint density at radius 2 is 2.04 bits per heavy atom. The molecule has 0 N–H and O–H groups in total. The van der Waals surface area contributed by atoms with Crippen molar-refractivity contribution >= 4 is 33.7 Å². The van der Waals surface area contributed by atoms with E-state index in [1.807, 2.05) is 22.8 Å². The van der Waals surface area contributed by atoms with Gasteiger partial charge in [0.1, 0.15) is 22.6 Å². The molecule has 0 saturated heterocycles. The van der Waals surface area contributed by atoms with Crippen molar-refractivity contribution in [3.05, 3.63) is 64.2 Å². The van der Waals surface area contributed by atoms with Gasteiger partial charge in [0.15, 0.2) is 5.16 Å². The summed E-state index contributed by atoms with van der Waals surface area (Å²) < 4.78 is 22.5. The van der Waals surface area contributed by atoms with Crippen LogP contribution >= 0.6 is 11.8 Å². The van der Waals surface area contributed by atoms with Gasteiger partial charge in [0, 0.05) is 24.2 Å². The average Bonchev–Trinajstić information content (AvgIpc) is 3.03. The van der Waals surface area contributed by atoms with Crippen LogP contribution in [0.4, 0.5) is 4.39 Å². The Hall–Kier alpha value is -2.80. The lowest BCUT2D eigenvalue weighted by molar-refractivity contribution is 0.415. The van der Waals surface area contributed by atoms with Crippen molar-refractivity contribution in [1.82, 2.24) is 14.1 Å². The number of aromatic nitrogens is 3. The molecule has 0 amide bonds. The number of benzene rings is 2. The third kappa shape index (κ3) is 2.69. The molecule has 142 valence electrons. The van der Waals surface area contributed by atoms with E-state index in [-0.39, 0.29) is 11.4 Å². The lowest BCUT2D eigenvalue weighted by Crippen LogP contribution is -2.27. The normalized spacial score (nSPS) is 13.8. The van der Waals surface area contributed by atoms with Crippen LogP contribution in [0, 0.1) is 5.82 Å². The molecule has 1 aliphatic heterocycles. The van der Waals surface area contributed by atoms with E-state index < -0.39 is 0 Å². The van der Waals surface area contributed by atoms with Gasteiger partial charge in [-0.25, -0.2) is 9.37 Å². The van der Waals surface area contributed by atoms with Crippen molar-refractivity contribution in [3.8, 4) is 5.75 Å². The zero-order valence-corrected chi connectivity index (χ0v) is 16.1. The highest BCUT2D eigenvalue weighted by molar-refractivity contribution is 7.99. The van der Waals surface area contributed by atoms with Crippen molar-refractivity contribution in [3.63, 3.8) is 0 Å². The SMILES string of the molecule is COc1ccc2c(c1)c1nc3n(c(=O)c1n2Cc1ccc(F)cc1)CCCS3. The summed E-state index contributed by atoms with van der Waals surface area (Å²) in [5.41, 5.74) is 3.09. The maximum absolute atomic E-state index is 13.4. The van der Waals surface area contributed by atoms with Gasteiger partial charge in [-0.1, -0.05) is 23.9 Å². The minimum Gasteiger partial charge on any atom is -0.497 e. The number of hydrogen-bond acceptors (Lipinski definition) is 4. The van der Waals surface area contributed by atoms with Crippen molar-refractivity contribution in [2.75, 3.05) is 12.9 Å². The van der Waals surface area contributed by atoms with Crippen molar-refractivity contribution in [1.29, 1.82) is 0 Å². The number of nitrogens with zero attached hydrogens (tertiary/aromatic N) is 3. The average molecular weight is 395 g/mol. The van der Waals surface area contributed by atoms with E-state index >= 15 is 0 Å². The summed E-state index contributed by atoms with van der Waals surface area (Å²) in [7, 11) is 1.62. The molecule has 1 aliphatic rings. The van der Waals surface area contributed by atoms with Crippen LogP contribution < -0.4 is 10.3 Å². The van der Waals surface area contributed by atoms with Gasteiger partial charge in [-0.15, -0.1) is 0 Å². The quantitative estimate of drug-likeness (QED) is 0.491. The van der Waals surface area contributed by atoms with Gasteiger partial charge in [-0.2, -0.15) is 0 Å². The Labute approximate surface area is 164 Å². The van der Waals surface area contributed by atoms with E-state index in [9.17, 15) is 9.18 Å². The topological polar surface area (TPSA) is 49.1 Å². The molecule has 0 aliphatic carbocycles. The molecular weight excluding hydrogens is 377 g/mol. The molecule has 28 heavy (non-hydrogen) atoms. The van der Waals surface area contributed by atoms with Crippen LogP contribution in [0.3, 0.4) is 0 Å². The van der Waals surface area contributed by atoms with E-state index in [1.54, 1.807) is 35.6 Å². The van der Waals surface area contributed by atoms with E-state index in [0.717, 1.165) is 39.5 Å². The molecule has 2 aromatic heterocycles. The minimum atomic E-state index is -0.275. The predicted molar refractivity (Wildman–Crippen MR) is 109 cm³/mol. The van der Waals surface area contributed by atoms with Gasteiger partial charge in [0.05, 0.1) is 12.6 Å². The van der Waals surface area contributed by atoms with Crippen molar-refractivity contribution in [2.45, 2.75) is 24.7 Å². The number of hydrogen-bond donors (Lipinski definition) is 0. The van der Waals surface area contributed by atoms with Gasteiger partial charge in [0.2, 0.25) is 0 Å². The van der Waals surface area contributed by atoms with Gasteiger partial charge in [0.25, 0.3) is 5.56 Å². The number of rotatable bonds is 3. The first-order valence-electron chi connectivity index (χ1n) is 9.14. The van der Waals surface area contributed by atoms with E-state index in [1.165, 1.54) is 12.1 Å². The summed E-state index contributed by atoms with van der Waals surface area (Å²) in [6.45, 7) is 1.15. The first-order chi connectivity index (χ1) is 13.7. The zero-order chi connectivity index (χ0) is 19.3. The first-order valence-corrected chi connectivity index (χ1v) is 10.1. The second-order valence-corrected chi connectivity index (χ2v) is 7.91. The molecule has 0 atom stereocenters. The number of halogens is 1. The highest BCUT2D eigenvalue weighted by Crippen LogP contribution is 2.32. The maximum Gasteiger partial charge on any atom is 0.278 e. The lowest BCUT2D eigenvalue weighted by atomic mass is 10.2. The van der Waals surface area contributed by atoms with E-state index in [0.29, 0.717) is 24.1 Å². The number of methoxy groups -OCH3 is 1. The molecule has 0 saturated carbocycles. The Balaban J connectivity index is 1.83. The first kappa shape index (κ1) is 17.3. The number of ether oxygens (including phenoxy) is 1. The zero-order valence-electron chi connectivity index (χ0n) is 15.3. The largest absolute Gasteiger partial charge is 0.497 e. The molecule has 7 heteroatoms. The molecule has 2 aromatic carbocycles. The smallest absolute Gasteiger partial charge is 0.278 e. The highest BCUT2D eigenvalue weighted by atomic mass is 32.2. The predicted octanol–water partition coefficient (Wildman–Crippen LogP) is 4.04. The Morgan fingerprint density at radius 3 is 2.82 bits per heavy atom. The van der Waals surface area contributed by atoms with Gasteiger partial charge in [-0.05, 0) is 42.3 Å². The molecule has 0 bridgehead atoms. The van der Waals surface area contributed by atoms with Crippen molar-refractivity contribution < 1.29 is 9.13 Å². The van der Waals surface area contributed by atoms with Crippen LogP contribution in [0.2, 0.25) is 0 Å². The van der Waals surface area contributed by atoms with E-state index in [4.69, 9.17) is 9.72 Å². The fourth-order valence-corrected chi connectivity index (χ4v) is 4.72. The number of fused-ring (bicyclic) bond motifs is 4. The molecule has 3 heterocycles. The summed E-state index contributed by atoms with van der Waals surface area (Å²) >= 11 is 1.62. The molecule has 0 unspecified atom stereocenters. The summed E-state index contributed by atoms with van der Waals surface area (Å²) in [6.07, 6.45) is 0.955. The summed E-state index contributed by atoms with van der Waals surface area (Å²) in [5.74, 6) is 1.42. The second-order valence-electron chi connectivity index (χ2n) is 6.85. The lowest BCUT2D eigenvalue weighted by Gasteiger charge is -2.17. The van der Waals surface area contributed by atoms with Crippen LogP contribution in [-0.2, 0) is 13.1 Å². The van der Waals surface area contributed by atoms with Crippen molar-refractivity contribution in [2.24, 2.45) is 0 Å². The molecule has 4 aromatic rings. The van der Waals surface area contributed by atoms with Crippen LogP contribution in [0.15, 0.2) is 52.4 Å². The van der Waals surface area contributed by atoms with Gasteiger partial charge < -0.3 is 9.30 Å². The third-order valence-electron chi connectivity index (χ3n) is 5.14. The summed E-state index contributed by atoms with van der Waals surface area (Å²) in [6, 6.07) is 12.1. The minimum absolute atomic E-state index is 0.0236. The fourth-order valence-electron chi connectivity index (χ4n) is 3.77. The van der Waals surface area contributed by atoms with Crippen LogP contribution in [0.25, 0.3) is 21.9 Å². The highest BCUT2D eigenvalue weighted by Gasteiger charge is 2.22. The second kappa shape index (κ2) is 6.67. The third-order valence-corrected chi connectivity index (χ3v) is 6.20. The van der Waals surface area contributed by atoms with Gasteiger partial charge >= 0.3 is 0 Å². The fraction of sp³-hybridized carbons (Fsp3) is 0.238. The number of thioether (sulfide) groups is 1. The standard InChI is InChI=1S/C21H18FN3O2S/c1-27-15-7-8-17-16(11-15)18-19(20(26)24-9-2-10-28-21(24)23-18)25(17)12-13-3-5-14(22)6-4-13/h3-8,11H,2,9-10,12H2,1H3. The Kier molecular flexibility index (Phi) is 4.12. The van der Waals surface area contributed by atoms with Crippen LogP contribution in [-0.4, -0.2) is 27.0 Å². The van der Waals surface area contributed by atoms with Crippen LogP contribution in [0.1, 0.15) is 12.0 Å². The molecular formula is C21H18FN3O2S. The van der Waals surface area contributed by atoms with Crippen LogP contribution in [0.5, 0.6) is 5.75 Å². The molecule has 0 radical (unpaired) electrons. The summed E-state index contributed by atoms with van der Waals surface area (Å²) in [4.78, 5) is 18.2. The van der Waals surface area contributed by atoms with Gasteiger partial charge in [-0.3, -0.25) is 9.36 Å².